The smallest absolute Gasteiger partial charge is 0.368 e. The van der Waals surface area contributed by atoms with Crippen molar-refractivity contribution in [3.05, 3.63) is 89.3 Å². The van der Waals surface area contributed by atoms with E-state index < -0.39 is 17.8 Å². The van der Waals surface area contributed by atoms with Crippen molar-refractivity contribution in [2.75, 3.05) is 16.0 Å². The summed E-state index contributed by atoms with van der Waals surface area (Å²) in [5, 5.41) is 2.91. The number of anilines is 3. The van der Waals surface area contributed by atoms with Crippen molar-refractivity contribution in [1.29, 1.82) is 0 Å². The van der Waals surface area contributed by atoms with Gasteiger partial charge in [-0.3, -0.25) is 0 Å². The highest BCUT2D eigenvalue weighted by atomic mass is 19.4. The fourth-order valence-corrected chi connectivity index (χ4v) is 4.07. The minimum absolute atomic E-state index is 0.238. The minimum atomic E-state index is -4.62. The van der Waals surface area contributed by atoms with Crippen LogP contribution in [-0.4, -0.2) is 16.0 Å². The van der Waals surface area contributed by atoms with Gasteiger partial charge in [-0.2, -0.15) is 18.2 Å². The van der Waals surface area contributed by atoms with Crippen LogP contribution in [0.15, 0.2) is 67.0 Å². The maximum atomic E-state index is 13.6. The topological polar surface area (TPSA) is 67.1 Å². The summed E-state index contributed by atoms with van der Waals surface area (Å²) >= 11 is 0. The van der Waals surface area contributed by atoms with Gasteiger partial charge in [0.2, 0.25) is 5.95 Å². The lowest BCUT2D eigenvalue weighted by Crippen LogP contribution is -2.34. The Morgan fingerprint density at radius 2 is 1.85 bits per heavy atom. The molecule has 5 nitrogen and oxygen atoms in total. The lowest BCUT2D eigenvalue weighted by atomic mass is 9.91. The van der Waals surface area contributed by atoms with Gasteiger partial charge in [-0.25, -0.2) is 4.98 Å². The van der Waals surface area contributed by atoms with Gasteiger partial charge in [-0.1, -0.05) is 49.9 Å². The third-order valence-corrected chi connectivity index (χ3v) is 5.61. The largest absolute Gasteiger partial charge is 0.421 e. The van der Waals surface area contributed by atoms with Gasteiger partial charge >= 0.3 is 6.18 Å². The molecule has 8 heteroatoms. The Morgan fingerprint density at radius 3 is 2.52 bits per heavy atom. The van der Waals surface area contributed by atoms with Gasteiger partial charge in [0, 0.05) is 28.8 Å². The van der Waals surface area contributed by atoms with Crippen LogP contribution in [0, 0.1) is 0 Å². The summed E-state index contributed by atoms with van der Waals surface area (Å²) in [5.41, 5.74) is 10.1. The number of hydrogen-bond acceptors (Lipinski definition) is 5. The number of nitrogen functional groups attached to an aromatic ring is 1. The molecule has 1 atom stereocenters. The molecule has 1 aliphatic heterocycles. The van der Waals surface area contributed by atoms with E-state index in [1.54, 1.807) is 6.92 Å². The van der Waals surface area contributed by atoms with Crippen LogP contribution in [0.2, 0.25) is 0 Å². The van der Waals surface area contributed by atoms with E-state index >= 15 is 0 Å². The van der Waals surface area contributed by atoms with Crippen LogP contribution in [0.5, 0.6) is 0 Å². The minimum Gasteiger partial charge on any atom is -0.368 e. The molecule has 0 spiro atoms. The molecule has 0 fully saturated rings. The Bertz CT molecular complexity index is 1220. The first kappa shape index (κ1) is 22.4. The zero-order valence-corrected chi connectivity index (χ0v) is 18.3. The molecule has 33 heavy (non-hydrogen) atoms. The average Bonchev–Trinajstić information content (AvgIpc) is 2.78. The number of nitrogens with zero attached hydrogens (tertiary/aromatic N) is 3. The summed E-state index contributed by atoms with van der Waals surface area (Å²) < 4.78 is 40.7. The van der Waals surface area contributed by atoms with Crippen LogP contribution in [0.25, 0.3) is 11.8 Å². The molecule has 170 valence electrons. The SMILES string of the molecule is C=C1c2c(cccc2CC)C=C([C@H](C)Nc2nc(N)ncc2C(F)(F)F)N1c1ccccc1. The van der Waals surface area contributed by atoms with E-state index in [1.807, 2.05) is 53.4 Å². The first-order chi connectivity index (χ1) is 15.7. The molecule has 1 aliphatic rings. The maximum absolute atomic E-state index is 13.6. The highest BCUT2D eigenvalue weighted by Crippen LogP contribution is 2.40. The Morgan fingerprint density at radius 1 is 1.12 bits per heavy atom. The number of para-hydroxylation sites is 1. The van der Waals surface area contributed by atoms with Gasteiger partial charge < -0.3 is 16.0 Å². The maximum Gasteiger partial charge on any atom is 0.421 e. The third-order valence-electron chi connectivity index (χ3n) is 5.61. The second kappa shape index (κ2) is 8.61. The van der Waals surface area contributed by atoms with E-state index in [9.17, 15) is 13.2 Å². The number of aryl methyl sites for hydroxylation is 1. The summed E-state index contributed by atoms with van der Waals surface area (Å²) in [7, 11) is 0. The average molecular weight is 451 g/mol. The number of nitrogens with two attached hydrogens (primary N) is 1. The lowest BCUT2D eigenvalue weighted by molar-refractivity contribution is -0.137. The number of benzene rings is 2. The predicted molar refractivity (Wildman–Crippen MR) is 126 cm³/mol. The summed E-state index contributed by atoms with van der Waals surface area (Å²) in [5.74, 6) is -0.604. The summed E-state index contributed by atoms with van der Waals surface area (Å²) in [6.45, 7) is 8.22. The zero-order chi connectivity index (χ0) is 23.8. The summed E-state index contributed by atoms with van der Waals surface area (Å²) in [6.07, 6.45) is -1.12. The highest BCUT2D eigenvalue weighted by molar-refractivity contribution is 5.92. The molecular formula is C25H24F3N5. The standard InChI is InChI=1S/C25H24F3N5/c1-4-17-9-8-10-18-13-21(33(16(3)22(17)18)19-11-6-5-7-12-19)15(2)31-23-20(25(26,27)28)14-30-24(29)32-23/h5-15H,3-4H2,1-2H3,(H3,29,30,31,32)/t15-/m0/s1. The molecule has 2 heterocycles. The zero-order valence-electron chi connectivity index (χ0n) is 18.3. The van der Waals surface area contributed by atoms with Crippen LogP contribution in [0.3, 0.4) is 0 Å². The van der Waals surface area contributed by atoms with Crippen molar-refractivity contribution in [1.82, 2.24) is 9.97 Å². The van der Waals surface area contributed by atoms with Crippen molar-refractivity contribution >= 4 is 29.2 Å². The van der Waals surface area contributed by atoms with Crippen molar-refractivity contribution in [2.45, 2.75) is 32.5 Å². The first-order valence-electron chi connectivity index (χ1n) is 10.5. The molecule has 0 radical (unpaired) electrons. The van der Waals surface area contributed by atoms with E-state index in [4.69, 9.17) is 5.73 Å². The Labute approximate surface area is 190 Å². The molecule has 0 saturated carbocycles. The predicted octanol–water partition coefficient (Wildman–Crippen LogP) is 5.97. The van der Waals surface area contributed by atoms with Gasteiger partial charge in [-0.15, -0.1) is 0 Å². The number of nitrogens with one attached hydrogen (secondary N) is 1. The molecule has 0 bridgehead atoms. The molecule has 0 amide bonds. The number of alkyl halides is 3. The second-order valence-electron chi connectivity index (χ2n) is 7.78. The van der Waals surface area contributed by atoms with Crippen molar-refractivity contribution in [3.63, 3.8) is 0 Å². The number of rotatable bonds is 5. The van der Waals surface area contributed by atoms with Crippen molar-refractivity contribution < 1.29 is 13.2 Å². The van der Waals surface area contributed by atoms with Crippen LogP contribution in [0.1, 0.15) is 36.1 Å². The molecule has 4 rings (SSSR count). The monoisotopic (exact) mass is 451 g/mol. The Balaban J connectivity index is 1.83. The molecule has 0 unspecified atom stereocenters. The van der Waals surface area contributed by atoms with E-state index in [-0.39, 0.29) is 11.8 Å². The number of hydrogen-bond donors (Lipinski definition) is 2. The van der Waals surface area contributed by atoms with Gasteiger partial charge in [0.15, 0.2) is 0 Å². The van der Waals surface area contributed by atoms with Gasteiger partial charge in [0.1, 0.15) is 11.4 Å². The molecule has 0 aliphatic carbocycles. The lowest BCUT2D eigenvalue weighted by Gasteiger charge is -2.38. The van der Waals surface area contributed by atoms with Gasteiger partial charge in [-0.05, 0) is 42.7 Å². The van der Waals surface area contributed by atoms with Crippen LogP contribution < -0.4 is 16.0 Å². The second-order valence-corrected chi connectivity index (χ2v) is 7.78. The van der Waals surface area contributed by atoms with Gasteiger partial charge in [0.05, 0.1) is 6.04 Å². The number of halogens is 3. The molecule has 2 aromatic carbocycles. The molecular weight excluding hydrogens is 427 g/mol. The first-order valence-corrected chi connectivity index (χ1v) is 10.5. The summed E-state index contributed by atoms with van der Waals surface area (Å²) in [6, 6.07) is 15.1. The van der Waals surface area contributed by atoms with Crippen LogP contribution in [-0.2, 0) is 12.6 Å². The molecule has 0 saturated heterocycles. The Kier molecular flexibility index (Phi) is 5.84. The van der Waals surface area contributed by atoms with Crippen LogP contribution >= 0.6 is 0 Å². The van der Waals surface area contributed by atoms with Crippen molar-refractivity contribution in [2.24, 2.45) is 0 Å². The van der Waals surface area contributed by atoms with Crippen LogP contribution in [0.4, 0.5) is 30.6 Å². The fraction of sp³-hybridized carbons (Fsp3) is 0.200. The third kappa shape index (κ3) is 4.28. The van der Waals surface area contributed by atoms with E-state index in [0.29, 0.717) is 6.20 Å². The molecule has 3 aromatic rings. The number of fused-ring (bicyclic) bond motifs is 1. The van der Waals surface area contributed by atoms with E-state index in [0.717, 1.165) is 40.2 Å². The van der Waals surface area contributed by atoms with Gasteiger partial charge in [0.25, 0.3) is 0 Å². The molecule has 1 aromatic heterocycles. The number of aromatic nitrogens is 2. The Hall–Kier alpha value is -3.81. The normalized spacial score (nSPS) is 14.5. The highest BCUT2D eigenvalue weighted by Gasteiger charge is 2.36. The fourth-order valence-electron chi connectivity index (χ4n) is 4.07. The van der Waals surface area contributed by atoms with Crippen molar-refractivity contribution in [3.8, 4) is 0 Å². The van der Waals surface area contributed by atoms with E-state index in [1.165, 1.54) is 0 Å². The molecule has 3 N–H and O–H groups in total. The van der Waals surface area contributed by atoms with E-state index in [2.05, 4.69) is 34.9 Å². The summed E-state index contributed by atoms with van der Waals surface area (Å²) in [4.78, 5) is 9.32. The quantitative estimate of drug-likeness (QED) is 0.500.